The van der Waals surface area contributed by atoms with Crippen molar-refractivity contribution in [1.29, 1.82) is 0 Å². The maximum absolute atomic E-state index is 13.3. The third-order valence-electron chi connectivity index (χ3n) is 2.27. The van der Waals surface area contributed by atoms with E-state index in [4.69, 9.17) is 9.05 Å². The molecule has 5 heteroatoms. The lowest BCUT2D eigenvalue weighted by Gasteiger charge is -2.14. The highest BCUT2D eigenvalue weighted by Crippen LogP contribution is 2.52. The van der Waals surface area contributed by atoms with Crippen LogP contribution in [0, 0.1) is 0 Å². The van der Waals surface area contributed by atoms with Crippen molar-refractivity contribution in [3.63, 3.8) is 0 Å². The fourth-order valence-electron chi connectivity index (χ4n) is 1.65. The minimum absolute atomic E-state index is 0.304. The molecule has 0 aliphatic heterocycles. The minimum Gasteiger partial charge on any atom is -0.306 e. The van der Waals surface area contributed by atoms with Crippen LogP contribution >= 0.6 is 7.60 Å². The summed E-state index contributed by atoms with van der Waals surface area (Å²) in [6.45, 7) is 4.09. The van der Waals surface area contributed by atoms with Gasteiger partial charge in [0.2, 0.25) is 0 Å². The van der Waals surface area contributed by atoms with E-state index >= 15 is 0 Å². The van der Waals surface area contributed by atoms with Crippen LogP contribution in [0.1, 0.15) is 33.1 Å². The van der Waals surface area contributed by atoms with Crippen molar-refractivity contribution < 1.29 is 18.0 Å². The van der Waals surface area contributed by atoms with Crippen molar-refractivity contribution >= 4 is 7.60 Å². The Morgan fingerprint density at radius 1 is 1.47 bits per heavy atom. The first kappa shape index (κ1) is 12.9. The van der Waals surface area contributed by atoms with Gasteiger partial charge in [-0.2, -0.15) is 0 Å². The van der Waals surface area contributed by atoms with Gasteiger partial charge in [-0.15, -0.1) is 0 Å². The van der Waals surface area contributed by atoms with Crippen LogP contribution < -0.4 is 0 Å². The summed E-state index contributed by atoms with van der Waals surface area (Å²) in [4.78, 5) is 0. The Labute approximate surface area is 90.2 Å². The van der Waals surface area contributed by atoms with E-state index < -0.39 is 13.8 Å². The van der Waals surface area contributed by atoms with E-state index in [-0.39, 0.29) is 0 Å². The van der Waals surface area contributed by atoms with Crippen LogP contribution in [-0.2, 0) is 13.6 Å². The molecule has 0 aromatic carbocycles. The lowest BCUT2D eigenvalue weighted by molar-refractivity contribution is 0.228. The van der Waals surface area contributed by atoms with Crippen LogP contribution in [0.25, 0.3) is 0 Å². The smallest absolute Gasteiger partial charge is 0.306 e. The summed E-state index contributed by atoms with van der Waals surface area (Å²) in [5.41, 5.74) is 0.570. The average Bonchev–Trinajstić information content (AvgIpc) is 2.52. The van der Waals surface area contributed by atoms with Crippen molar-refractivity contribution in [2.75, 3.05) is 13.2 Å². The van der Waals surface area contributed by atoms with Gasteiger partial charge >= 0.3 is 7.60 Å². The Bertz CT molecular complexity index is 268. The highest BCUT2D eigenvalue weighted by Gasteiger charge is 2.27. The Morgan fingerprint density at radius 2 is 2.07 bits per heavy atom. The van der Waals surface area contributed by atoms with Gasteiger partial charge in [0.15, 0.2) is 0 Å². The van der Waals surface area contributed by atoms with Gasteiger partial charge < -0.3 is 9.05 Å². The summed E-state index contributed by atoms with van der Waals surface area (Å²) in [6.07, 6.45) is 1.01. The maximum Gasteiger partial charge on any atom is 0.354 e. The molecule has 0 spiro atoms. The van der Waals surface area contributed by atoms with Crippen molar-refractivity contribution in [3.05, 3.63) is 11.4 Å². The largest absolute Gasteiger partial charge is 0.354 e. The fourth-order valence-corrected chi connectivity index (χ4v) is 3.29. The molecule has 3 nitrogen and oxygen atoms in total. The van der Waals surface area contributed by atoms with Crippen molar-refractivity contribution in [2.24, 2.45) is 0 Å². The summed E-state index contributed by atoms with van der Waals surface area (Å²) in [6, 6.07) is 0. The third-order valence-corrected chi connectivity index (χ3v) is 4.15. The summed E-state index contributed by atoms with van der Waals surface area (Å²) in [5, 5.41) is 0. The van der Waals surface area contributed by atoms with Crippen LogP contribution in [0.4, 0.5) is 4.39 Å². The Kier molecular flexibility index (Phi) is 4.97. The molecule has 1 aliphatic carbocycles. The van der Waals surface area contributed by atoms with Crippen LogP contribution in [0.5, 0.6) is 0 Å². The van der Waals surface area contributed by atoms with Crippen molar-refractivity contribution in [2.45, 2.75) is 39.3 Å². The molecule has 15 heavy (non-hydrogen) atoms. The molecule has 1 atom stereocenters. The van der Waals surface area contributed by atoms with Crippen molar-refractivity contribution in [1.82, 2.24) is 0 Å². The number of rotatable bonds is 5. The van der Waals surface area contributed by atoms with Gasteiger partial charge in [-0.25, -0.2) is 4.39 Å². The minimum atomic E-state index is -3.21. The second-order valence-electron chi connectivity index (χ2n) is 3.44. The lowest BCUT2D eigenvalue weighted by Crippen LogP contribution is -1.98. The number of alkyl halides is 1. The van der Waals surface area contributed by atoms with Crippen LogP contribution in [0.2, 0.25) is 0 Å². The molecule has 0 bridgehead atoms. The van der Waals surface area contributed by atoms with E-state index in [1.54, 1.807) is 13.8 Å². The van der Waals surface area contributed by atoms with Gasteiger partial charge in [-0.05, 0) is 38.7 Å². The zero-order valence-electron chi connectivity index (χ0n) is 9.24. The second-order valence-corrected chi connectivity index (χ2v) is 5.29. The first-order valence-corrected chi connectivity index (χ1v) is 6.97. The molecule has 0 heterocycles. The van der Waals surface area contributed by atoms with E-state index in [9.17, 15) is 8.96 Å². The zero-order chi connectivity index (χ0) is 11.3. The predicted molar refractivity (Wildman–Crippen MR) is 57.7 cm³/mol. The molecule has 0 saturated heterocycles. The fraction of sp³-hybridized carbons (Fsp3) is 0.800. The number of allylic oxidation sites excluding steroid dienone is 1. The van der Waals surface area contributed by atoms with E-state index in [1.807, 2.05) is 0 Å². The number of hydrogen-bond acceptors (Lipinski definition) is 3. The molecule has 0 radical (unpaired) electrons. The molecule has 0 aromatic heterocycles. The monoisotopic (exact) mass is 236 g/mol. The average molecular weight is 236 g/mol. The third kappa shape index (κ3) is 3.71. The molecule has 1 rings (SSSR count). The van der Waals surface area contributed by atoms with Gasteiger partial charge in [0.1, 0.15) is 6.17 Å². The Balaban J connectivity index is 2.76. The molecule has 1 saturated carbocycles. The second kappa shape index (κ2) is 5.78. The Morgan fingerprint density at radius 3 is 2.47 bits per heavy atom. The number of halogens is 1. The van der Waals surface area contributed by atoms with E-state index in [2.05, 4.69) is 0 Å². The molecule has 88 valence electrons. The first-order chi connectivity index (χ1) is 7.11. The van der Waals surface area contributed by atoms with Gasteiger partial charge in [0.05, 0.1) is 13.2 Å². The van der Waals surface area contributed by atoms with Gasteiger partial charge in [-0.1, -0.05) is 0 Å². The van der Waals surface area contributed by atoms with E-state index in [0.29, 0.717) is 31.6 Å². The predicted octanol–water partition coefficient (Wildman–Crippen LogP) is 3.66. The molecular weight excluding hydrogens is 218 g/mol. The number of hydrogen-bond donors (Lipinski definition) is 0. The molecule has 1 aliphatic rings. The van der Waals surface area contributed by atoms with Gasteiger partial charge in [0, 0.05) is 5.82 Å². The first-order valence-electron chi connectivity index (χ1n) is 5.35. The highest BCUT2D eigenvalue weighted by molar-refractivity contribution is 7.57. The zero-order valence-corrected chi connectivity index (χ0v) is 10.1. The SMILES string of the molecule is CCOP(=O)(/C=C1\CCCC1F)OCC. The molecule has 1 fully saturated rings. The summed E-state index contributed by atoms with van der Waals surface area (Å²) < 4.78 is 35.5. The summed E-state index contributed by atoms with van der Waals surface area (Å²) in [7, 11) is -3.21. The lowest BCUT2D eigenvalue weighted by atomic mass is 10.2. The van der Waals surface area contributed by atoms with Crippen LogP contribution in [-0.4, -0.2) is 19.4 Å². The normalized spacial score (nSPS) is 25.0. The topological polar surface area (TPSA) is 35.5 Å². The summed E-state index contributed by atoms with van der Waals surface area (Å²) >= 11 is 0. The quantitative estimate of drug-likeness (QED) is 0.683. The van der Waals surface area contributed by atoms with E-state index in [1.165, 1.54) is 5.82 Å². The molecular formula is C10H18FO3P. The Hall–Kier alpha value is -0.180. The molecule has 0 aromatic rings. The molecule has 0 amide bonds. The standard InChI is InChI=1S/C10H18FO3P/c1-3-13-15(12,14-4-2)8-9-6-5-7-10(9)11/h8,10H,3-7H2,1-2H3/b9-8+. The van der Waals surface area contributed by atoms with E-state index in [0.717, 1.165) is 6.42 Å². The van der Waals surface area contributed by atoms with Gasteiger partial charge in [-0.3, -0.25) is 4.57 Å². The van der Waals surface area contributed by atoms with Gasteiger partial charge in [0.25, 0.3) is 0 Å². The maximum atomic E-state index is 13.3. The van der Waals surface area contributed by atoms with Crippen molar-refractivity contribution in [3.8, 4) is 0 Å². The molecule has 0 N–H and O–H groups in total. The summed E-state index contributed by atoms with van der Waals surface area (Å²) in [5.74, 6) is 1.37. The van der Waals surface area contributed by atoms with Crippen LogP contribution in [0.3, 0.4) is 0 Å². The van der Waals surface area contributed by atoms with Crippen LogP contribution in [0.15, 0.2) is 11.4 Å². The highest BCUT2D eigenvalue weighted by atomic mass is 31.2. The molecule has 1 unspecified atom stereocenters.